The van der Waals surface area contributed by atoms with Crippen LogP contribution in [0.1, 0.15) is 62.2 Å². The number of rotatable bonds is 6. The summed E-state index contributed by atoms with van der Waals surface area (Å²) in [5.74, 6) is 3.05. The van der Waals surface area contributed by atoms with E-state index in [2.05, 4.69) is 80.4 Å². The van der Waals surface area contributed by atoms with Crippen molar-refractivity contribution in [2.45, 2.75) is 57.2 Å². The second-order valence-electron chi connectivity index (χ2n) is 11.1. The maximum Gasteiger partial charge on any atom is 0.223 e. The minimum absolute atomic E-state index is 0.0857. The van der Waals surface area contributed by atoms with Gasteiger partial charge in [0.05, 0.1) is 6.10 Å². The Morgan fingerprint density at radius 2 is 1.30 bits per heavy atom. The first kappa shape index (κ1) is 22.3. The Morgan fingerprint density at radius 1 is 0.848 bits per heavy atom. The summed E-state index contributed by atoms with van der Waals surface area (Å²) in [5.41, 5.74) is 2.59. The molecule has 1 heterocycles. The quantitative estimate of drug-likeness (QED) is 0.368. The summed E-state index contributed by atoms with van der Waals surface area (Å²) >= 11 is 7.07. The average molecular weight is 573 g/mol. The lowest BCUT2D eigenvalue weighted by atomic mass is 9.49. The minimum atomic E-state index is -0.128. The highest BCUT2D eigenvalue weighted by Gasteiger charge is 2.52. The van der Waals surface area contributed by atoms with E-state index < -0.39 is 0 Å². The van der Waals surface area contributed by atoms with Crippen LogP contribution in [0, 0.1) is 23.2 Å². The fraction of sp³-hybridized carbons (Fsp3) is 0.536. The lowest BCUT2D eigenvalue weighted by Crippen LogP contribution is -2.57. The van der Waals surface area contributed by atoms with E-state index in [0.29, 0.717) is 11.3 Å². The highest BCUT2D eigenvalue weighted by molar-refractivity contribution is 9.10. The van der Waals surface area contributed by atoms with E-state index >= 15 is 0 Å². The van der Waals surface area contributed by atoms with Crippen LogP contribution in [0.2, 0.25) is 0 Å². The molecule has 0 spiro atoms. The van der Waals surface area contributed by atoms with Crippen molar-refractivity contribution < 1.29 is 9.53 Å². The van der Waals surface area contributed by atoms with Crippen LogP contribution < -0.4 is 0 Å². The normalized spacial score (nSPS) is 30.6. The number of likely N-dealkylation sites (tertiary alicyclic amines) is 1. The summed E-state index contributed by atoms with van der Waals surface area (Å²) in [4.78, 5) is 15.3. The van der Waals surface area contributed by atoms with Crippen LogP contribution in [0.15, 0.2) is 57.5 Å². The Hall–Kier alpha value is -1.17. The molecular weight excluding hydrogens is 542 g/mol. The van der Waals surface area contributed by atoms with E-state index in [1.165, 1.54) is 38.5 Å². The van der Waals surface area contributed by atoms with Gasteiger partial charge in [0, 0.05) is 28.5 Å². The molecular formula is C28H31Br2NO2. The Morgan fingerprint density at radius 3 is 1.76 bits per heavy atom. The second kappa shape index (κ2) is 8.80. The van der Waals surface area contributed by atoms with Gasteiger partial charge in [-0.2, -0.15) is 0 Å². The zero-order valence-electron chi connectivity index (χ0n) is 18.9. The lowest BCUT2D eigenvalue weighted by Gasteiger charge is -2.57. The molecule has 174 valence electrons. The maximum absolute atomic E-state index is 13.2. The number of ether oxygens (including phenoxy) is 1. The van der Waals surface area contributed by atoms with Gasteiger partial charge in [-0.1, -0.05) is 56.1 Å². The molecule has 33 heavy (non-hydrogen) atoms. The monoisotopic (exact) mass is 571 g/mol. The molecule has 1 aliphatic heterocycles. The Bertz CT molecular complexity index is 932. The molecule has 4 aliphatic carbocycles. The highest BCUT2D eigenvalue weighted by atomic mass is 79.9. The van der Waals surface area contributed by atoms with Crippen LogP contribution in [0.4, 0.5) is 0 Å². The average Bonchev–Trinajstić information content (AvgIpc) is 2.73. The summed E-state index contributed by atoms with van der Waals surface area (Å²) in [7, 11) is 0. The summed E-state index contributed by atoms with van der Waals surface area (Å²) in [6, 6.07) is 16.7. The third-order valence-electron chi connectivity index (χ3n) is 8.57. The number of carbonyl (C=O) groups is 1. The molecule has 4 saturated carbocycles. The van der Waals surface area contributed by atoms with Gasteiger partial charge in [0.1, 0.15) is 6.10 Å². The molecule has 5 heteroatoms. The molecule has 4 bridgehead atoms. The van der Waals surface area contributed by atoms with Crippen LogP contribution in [0.5, 0.6) is 0 Å². The predicted molar refractivity (Wildman–Crippen MR) is 137 cm³/mol. The van der Waals surface area contributed by atoms with Crippen molar-refractivity contribution in [2.24, 2.45) is 23.2 Å². The molecule has 0 N–H and O–H groups in total. The SMILES string of the molecule is O=C(CC12CC3CC(CC(C3)C1)C2)N1CC(OC(c2ccc(Br)cc2)c2ccc(Br)cc2)C1. The number of nitrogens with zero attached hydrogens (tertiary/aromatic N) is 1. The van der Waals surface area contributed by atoms with E-state index in [1.807, 2.05) is 4.90 Å². The smallest absolute Gasteiger partial charge is 0.223 e. The number of halogens is 2. The predicted octanol–water partition coefficient (Wildman–Crippen LogP) is 7.13. The summed E-state index contributed by atoms with van der Waals surface area (Å²) in [5, 5.41) is 0. The molecule has 5 fully saturated rings. The Labute approximate surface area is 213 Å². The fourth-order valence-electron chi connectivity index (χ4n) is 7.48. The molecule has 0 atom stereocenters. The first-order chi connectivity index (χ1) is 15.9. The summed E-state index contributed by atoms with van der Waals surface area (Å²) < 4.78 is 8.71. The van der Waals surface area contributed by atoms with Gasteiger partial charge in [0.15, 0.2) is 0 Å². The zero-order chi connectivity index (χ0) is 22.6. The molecule has 7 rings (SSSR count). The molecule has 0 radical (unpaired) electrons. The number of carbonyl (C=O) groups excluding carboxylic acids is 1. The van der Waals surface area contributed by atoms with Gasteiger partial charge in [0.25, 0.3) is 0 Å². The van der Waals surface area contributed by atoms with Crippen molar-refractivity contribution in [2.75, 3.05) is 13.1 Å². The molecule has 3 nitrogen and oxygen atoms in total. The van der Waals surface area contributed by atoms with Crippen LogP contribution >= 0.6 is 31.9 Å². The zero-order valence-corrected chi connectivity index (χ0v) is 22.1. The van der Waals surface area contributed by atoms with Crippen molar-refractivity contribution in [3.8, 4) is 0 Å². The number of amides is 1. The first-order valence-corrected chi connectivity index (χ1v) is 14.0. The lowest BCUT2D eigenvalue weighted by molar-refractivity contribution is -0.155. The van der Waals surface area contributed by atoms with Gasteiger partial charge in [-0.05, 0) is 97.1 Å². The van der Waals surface area contributed by atoms with Crippen molar-refractivity contribution in [1.82, 2.24) is 4.90 Å². The second-order valence-corrected chi connectivity index (χ2v) is 13.0. The van der Waals surface area contributed by atoms with Gasteiger partial charge in [-0.15, -0.1) is 0 Å². The topological polar surface area (TPSA) is 29.5 Å². The van der Waals surface area contributed by atoms with Crippen molar-refractivity contribution in [3.63, 3.8) is 0 Å². The largest absolute Gasteiger partial charge is 0.362 e. The molecule has 0 unspecified atom stereocenters. The van der Waals surface area contributed by atoms with Gasteiger partial charge >= 0.3 is 0 Å². The van der Waals surface area contributed by atoms with Crippen LogP contribution in [-0.4, -0.2) is 30.0 Å². The molecule has 2 aromatic rings. The Balaban J connectivity index is 1.10. The standard InChI is InChI=1S/C28H31Br2NO2/c29-23-5-1-21(2-6-23)27(22-3-7-24(30)8-4-22)33-25-16-31(17-25)26(32)15-28-12-18-9-19(13-28)11-20(10-18)14-28/h1-8,18-20,25,27H,9-17H2. The first-order valence-electron chi connectivity index (χ1n) is 12.4. The van der Waals surface area contributed by atoms with E-state index in [-0.39, 0.29) is 12.2 Å². The number of hydrogen-bond donors (Lipinski definition) is 0. The van der Waals surface area contributed by atoms with E-state index in [9.17, 15) is 4.79 Å². The van der Waals surface area contributed by atoms with Gasteiger partial charge in [-0.3, -0.25) is 4.79 Å². The van der Waals surface area contributed by atoms with Crippen molar-refractivity contribution >= 4 is 37.8 Å². The van der Waals surface area contributed by atoms with Gasteiger partial charge in [0.2, 0.25) is 5.91 Å². The van der Waals surface area contributed by atoms with E-state index in [0.717, 1.165) is 57.3 Å². The third kappa shape index (κ3) is 4.58. The maximum atomic E-state index is 13.2. The summed E-state index contributed by atoms with van der Waals surface area (Å²) in [6.45, 7) is 1.43. The van der Waals surface area contributed by atoms with E-state index in [1.54, 1.807) is 0 Å². The number of hydrogen-bond acceptors (Lipinski definition) is 2. The van der Waals surface area contributed by atoms with E-state index in [4.69, 9.17) is 4.74 Å². The molecule has 5 aliphatic rings. The van der Waals surface area contributed by atoms with Crippen LogP contribution in [0.25, 0.3) is 0 Å². The molecule has 1 amide bonds. The Kier molecular flexibility index (Phi) is 5.95. The fourth-order valence-corrected chi connectivity index (χ4v) is 8.01. The molecule has 1 saturated heterocycles. The molecule has 2 aromatic carbocycles. The van der Waals surface area contributed by atoms with Gasteiger partial charge in [-0.25, -0.2) is 0 Å². The van der Waals surface area contributed by atoms with Gasteiger partial charge < -0.3 is 9.64 Å². The van der Waals surface area contributed by atoms with Crippen molar-refractivity contribution in [1.29, 1.82) is 0 Å². The third-order valence-corrected chi connectivity index (χ3v) is 9.62. The highest BCUT2D eigenvalue weighted by Crippen LogP contribution is 2.61. The van der Waals surface area contributed by atoms with Crippen LogP contribution in [-0.2, 0) is 9.53 Å². The number of benzene rings is 2. The van der Waals surface area contributed by atoms with Crippen molar-refractivity contribution in [3.05, 3.63) is 68.6 Å². The summed E-state index contributed by atoms with van der Waals surface area (Å²) in [6.07, 6.45) is 8.92. The minimum Gasteiger partial charge on any atom is -0.362 e. The molecule has 0 aromatic heterocycles. The van der Waals surface area contributed by atoms with Crippen LogP contribution in [0.3, 0.4) is 0 Å².